The molecule has 0 saturated carbocycles. The number of hydrogen-bond acceptors (Lipinski definition) is 3. The van der Waals surface area contributed by atoms with Crippen LogP contribution in [0.1, 0.15) is 47.5 Å². The highest BCUT2D eigenvalue weighted by Crippen LogP contribution is 2.24. The molecule has 2 atom stereocenters. The molecule has 1 aliphatic heterocycles. The average molecular weight is 228 g/mol. The maximum Gasteiger partial charge on any atom is 0.410 e. The smallest absolute Gasteiger partial charge is 0.410 e. The van der Waals surface area contributed by atoms with Crippen LogP contribution in [0.2, 0.25) is 0 Å². The predicted molar refractivity (Wildman–Crippen MR) is 64.2 cm³/mol. The molecule has 1 saturated heterocycles. The number of carbonyl (C=O) groups is 1. The standard InChI is InChI=1S/C12H24N2O2/c1-9-6-7-12(5,13)8-14(9)10(15)16-11(2,3)4/h9H,6-8,13H2,1-5H3. The molecule has 0 aromatic rings. The van der Waals surface area contributed by atoms with Gasteiger partial charge >= 0.3 is 6.09 Å². The van der Waals surface area contributed by atoms with Crippen LogP contribution in [0.15, 0.2) is 0 Å². The predicted octanol–water partition coefficient (Wildman–Crippen LogP) is 2.12. The van der Waals surface area contributed by atoms with E-state index in [4.69, 9.17) is 10.5 Å². The molecule has 1 rings (SSSR count). The number of nitrogens with zero attached hydrogens (tertiary/aromatic N) is 1. The van der Waals surface area contributed by atoms with Gasteiger partial charge in [0, 0.05) is 18.1 Å². The van der Waals surface area contributed by atoms with E-state index in [9.17, 15) is 4.79 Å². The molecule has 0 aliphatic carbocycles. The lowest BCUT2D eigenvalue weighted by Gasteiger charge is -2.42. The number of piperidine rings is 1. The van der Waals surface area contributed by atoms with Crippen LogP contribution in [0.3, 0.4) is 0 Å². The Morgan fingerprint density at radius 2 is 2.06 bits per heavy atom. The van der Waals surface area contributed by atoms with Crippen LogP contribution in [0.5, 0.6) is 0 Å². The second-order valence-corrected chi connectivity index (χ2v) is 6.15. The molecular weight excluding hydrogens is 204 g/mol. The molecule has 16 heavy (non-hydrogen) atoms. The van der Waals surface area contributed by atoms with Gasteiger partial charge < -0.3 is 15.4 Å². The number of ether oxygens (including phenoxy) is 1. The quantitative estimate of drug-likeness (QED) is 0.691. The second-order valence-electron chi connectivity index (χ2n) is 6.15. The van der Waals surface area contributed by atoms with Gasteiger partial charge in [-0.1, -0.05) is 0 Å². The Bertz CT molecular complexity index is 269. The summed E-state index contributed by atoms with van der Waals surface area (Å²) in [5, 5.41) is 0. The van der Waals surface area contributed by atoms with Crippen LogP contribution in [0.4, 0.5) is 4.79 Å². The zero-order valence-electron chi connectivity index (χ0n) is 11.0. The number of likely N-dealkylation sites (tertiary alicyclic amines) is 1. The van der Waals surface area contributed by atoms with E-state index in [0.29, 0.717) is 6.54 Å². The highest BCUT2D eigenvalue weighted by molar-refractivity contribution is 5.68. The Kier molecular flexibility index (Phi) is 3.53. The fraction of sp³-hybridized carbons (Fsp3) is 0.917. The third-order valence-electron chi connectivity index (χ3n) is 2.82. The van der Waals surface area contributed by atoms with Gasteiger partial charge in [-0.2, -0.15) is 0 Å². The van der Waals surface area contributed by atoms with E-state index in [1.165, 1.54) is 0 Å². The summed E-state index contributed by atoms with van der Waals surface area (Å²) in [6, 6.07) is 0.214. The summed E-state index contributed by atoms with van der Waals surface area (Å²) in [6.07, 6.45) is 1.64. The molecule has 2 N–H and O–H groups in total. The number of nitrogens with two attached hydrogens (primary N) is 1. The highest BCUT2D eigenvalue weighted by atomic mass is 16.6. The Balaban J connectivity index is 2.67. The van der Waals surface area contributed by atoms with Crippen LogP contribution >= 0.6 is 0 Å². The van der Waals surface area contributed by atoms with Crippen LogP contribution in [-0.2, 0) is 4.74 Å². The maximum atomic E-state index is 12.0. The van der Waals surface area contributed by atoms with Crippen LogP contribution in [0, 0.1) is 0 Å². The van der Waals surface area contributed by atoms with Gasteiger partial charge in [-0.25, -0.2) is 4.79 Å². The van der Waals surface area contributed by atoms with E-state index in [1.807, 2.05) is 34.6 Å². The summed E-state index contributed by atoms with van der Waals surface area (Å²) in [5.74, 6) is 0. The van der Waals surface area contributed by atoms with E-state index < -0.39 is 5.60 Å². The van der Waals surface area contributed by atoms with Crippen molar-refractivity contribution in [2.75, 3.05) is 6.54 Å². The van der Waals surface area contributed by atoms with Crippen LogP contribution in [0.25, 0.3) is 0 Å². The van der Waals surface area contributed by atoms with Crippen molar-refractivity contribution in [2.45, 2.75) is 64.6 Å². The van der Waals surface area contributed by atoms with Crippen molar-refractivity contribution in [3.8, 4) is 0 Å². The second kappa shape index (κ2) is 4.24. The van der Waals surface area contributed by atoms with Gasteiger partial charge in [0.1, 0.15) is 5.60 Å². The van der Waals surface area contributed by atoms with Crippen LogP contribution < -0.4 is 5.73 Å². The van der Waals surface area contributed by atoms with E-state index in [-0.39, 0.29) is 17.7 Å². The first-order valence-electron chi connectivity index (χ1n) is 5.89. The lowest BCUT2D eigenvalue weighted by Crippen LogP contribution is -2.57. The zero-order chi connectivity index (χ0) is 12.6. The lowest BCUT2D eigenvalue weighted by molar-refractivity contribution is 0.00358. The van der Waals surface area contributed by atoms with Gasteiger partial charge in [-0.3, -0.25) is 0 Å². The SMILES string of the molecule is CC1CCC(C)(N)CN1C(=O)OC(C)(C)C. The average Bonchev–Trinajstić information content (AvgIpc) is 2.06. The summed E-state index contributed by atoms with van der Waals surface area (Å²) < 4.78 is 5.37. The Morgan fingerprint density at radius 3 is 2.56 bits per heavy atom. The van der Waals surface area contributed by atoms with Crippen molar-refractivity contribution >= 4 is 6.09 Å². The van der Waals surface area contributed by atoms with E-state index >= 15 is 0 Å². The number of carbonyl (C=O) groups excluding carboxylic acids is 1. The van der Waals surface area contributed by atoms with Crippen LogP contribution in [-0.4, -0.2) is 34.7 Å². The summed E-state index contributed by atoms with van der Waals surface area (Å²) in [7, 11) is 0. The van der Waals surface area contributed by atoms with Gasteiger partial charge in [0.25, 0.3) is 0 Å². The van der Waals surface area contributed by atoms with Gasteiger partial charge in [0.05, 0.1) is 0 Å². The Labute approximate surface area is 98.1 Å². The molecule has 1 amide bonds. The molecule has 1 aliphatic rings. The Hall–Kier alpha value is -0.770. The highest BCUT2D eigenvalue weighted by Gasteiger charge is 2.35. The maximum absolute atomic E-state index is 12.0. The number of rotatable bonds is 0. The topological polar surface area (TPSA) is 55.6 Å². The summed E-state index contributed by atoms with van der Waals surface area (Å²) in [4.78, 5) is 13.7. The van der Waals surface area contributed by atoms with Crippen molar-refractivity contribution in [2.24, 2.45) is 5.73 Å². The first-order valence-corrected chi connectivity index (χ1v) is 5.89. The molecule has 94 valence electrons. The monoisotopic (exact) mass is 228 g/mol. The number of amides is 1. The zero-order valence-corrected chi connectivity index (χ0v) is 11.0. The third kappa shape index (κ3) is 3.67. The summed E-state index contributed by atoms with van der Waals surface area (Å²) in [6.45, 7) is 10.2. The first-order chi connectivity index (χ1) is 7.11. The van der Waals surface area contributed by atoms with E-state index in [0.717, 1.165) is 12.8 Å². The molecule has 0 bridgehead atoms. The lowest BCUT2D eigenvalue weighted by atomic mass is 9.89. The first kappa shape index (κ1) is 13.3. The van der Waals surface area contributed by atoms with E-state index in [2.05, 4.69) is 0 Å². The van der Waals surface area contributed by atoms with Gasteiger partial charge in [-0.15, -0.1) is 0 Å². The fourth-order valence-electron chi connectivity index (χ4n) is 1.88. The van der Waals surface area contributed by atoms with Gasteiger partial charge in [0.2, 0.25) is 0 Å². The van der Waals surface area contributed by atoms with Crippen molar-refractivity contribution in [1.82, 2.24) is 4.90 Å². The molecule has 4 heteroatoms. The number of hydrogen-bond donors (Lipinski definition) is 1. The van der Waals surface area contributed by atoms with Crippen molar-refractivity contribution in [1.29, 1.82) is 0 Å². The largest absolute Gasteiger partial charge is 0.444 e. The molecule has 1 heterocycles. The molecule has 0 spiro atoms. The summed E-state index contributed by atoms with van der Waals surface area (Å²) >= 11 is 0. The van der Waals surface area contributed by atoms with Crippen molar-refractivity contribution < 1.29 is 9.53 Å². The molecule has 1 fully saturated rings. The minimum absolute atomic E-state index is 0.214. The minimum Gasteiger partial charge on any atom is -0.444 e. The van der Waals surface area contributed by atoms with Crippen molar-refractivity contribution in [3.63, 3.8) is 0 Å². The molecule has 0 aromatic heterocycles. The van der Waals surface area contributed by atoms with Gasteiger partial charge in [-0.05, 0) is 47.5 Å². The van der Waals surface area contributed by atoms with Gasteiger partial charge in [0.15, 0.2) is 0 Å². The molecule has 4 nitrogen and oxygen atoms in total. The molecule has 2 unspecified atom stereocenters. The van der Waals surface area contributed by atoms with E-state index in [1.54, 1.807) is 4.90 Å². The third-order valence-corrected chi connectivity index (χ3v) is 2.82. The molecular formula is C12H24N2O2. The Morgan fingerprint density at radius 1 is 1.50 bits per heavy atom. The molecule has 0 radical (unpaired) electrons. The fourth-order valence-corrected chi connectivity index (χ4v) is 1.88. The molecule has 0 aromatic carbocycles. The van der Waals surface area contributed by atoms with Crippen molar-refractivity contribution in [3.05, 3.63) is 0 Å². The minimum atomic E-state index is -0.445. The normalized spacial score (nSPS) is 31.4. The summed E-state index contributed by atoms with van der Waals surface area (Å²) in [5.41, 5.74) is 5.35.